The number of rotatable bonds is 4. The molecule has 0 bridgehead atoms. The summed E-state index contributed by atoms with van der Waals surface area (Å²) in [5.74, 6) is 0.0257. The summed E-state index contributed by atoms with van der Waals surface area (Å²) in [7, 11) is 0. The first-order valence-corrected chi connectivity index (χ1v) is 9.06. The fourth-order valence-electron chi connectivity index (χ4n) is 3.71. The number of carbonyl (C=O) groups excluding carboxylic acids is 1. The molecule has 0 aromatic heterocycles. The van der Waals surface area contributed by atoms with Crippen molar-refractivity contribution in [1.29, 1.82) is 0 Å². The summed E-state index contributed by atoms with van der Waals surface area (Å²) in [6.45, 7) is 6.50. The molecule has 0 spiro atoms. The van der Waals surface area contributed by atoms with Gasteiger partial charge in [-0.3, -0.25) is 9.69 Å². The van der Waals surface area contributed by atoms with Gasteiger partial charge in [-0.05, 0) is 57.8 Å². The van der Waals surface area contributed by atoms with Crippen LogP contribution in [0.15, 0.2) is 24.3 Å². The first kappa shape index (κ1) is 16.7. The van der Waals surface area contributed by atoms with E-state index in [2.05, 4.69) is 15.1 Å². The predicted octanol–water partition coefficient (Wildman–Crippen LogP) is 3.23. The Morgan fingerprint density at radius 1 is 1.17 bits per heavy atom. The molecule has 5 heteroatoms. The Hall–Kier alpha value is -1.10. The third-order valence-electron chi connectivity index (χ3n) is 5.22. The number of hydrogen-bond donors (Lipinski definition) is 1. The average Bonchev–Trinajstić information content (AvgIpc) is 3.11. The molecule has 1 aromatic carbocycles. The molecule has 1 N–H and O–H groups in total. The number of halogens is 1. The molecule has 0 aliphatic carbocycles. The van der Waals surface area contributed by atoms with E-state index in [0.29, 0.717) is 16.8 Å². The molecule has 2 fully saturated rings. The van der Waals surface area contributed by atoms with Crippen LogP contribution in [-0.4, -0.2) is 54.0 Å². The van der Waals surface area contributed by atoms with Crippen molar-refractivity contribution in [3.63, 3.8) is 0 Å². The van der Waals surface area contributed by atoms with Crippen molar-refractivity contribution >= 4 is 23.2 Å². The first-order chi connectivity index (χ1) is 11.1. The van der Waals surface area contributed by atoms with Crippen molar-refractivity contribution in [3.05, 3.63) is 29.3 Å². The van der Waals surface area contributed by atoms with Crippen molar-refractivity contribution in [1.82, 2.24) is 9.80 Å². The highest BCUT2D eigenvalue weighted by atomic mass is 35.5. The van der Waals surface area contributed by atoms with Crippen LogP contribution in [-0.2, 0) is 4.79 Å². The van der Waals surface area contributed by atoms with Crippen LogP contribution in [0.1, 0.15) is 32.6 Å². The molecule has 0 radical (unpaired) electrons. The van der Waals surface area contributed by atoms with Crippen LogP contribution in [0.2, 0.25) is 5.02 Å². The summed E-state index contributed by atoms with van der Waals surface area (Å²) in [4.78, 5) is 17.4. The third kappa shape index (κ3) is 4.06. The number of nitrogens with zero attached hydrogens (tertiary/aromatic N) is 2. The average molecular weight is 336 g/mol. The topological polar surface area (TPSA) is 35.6 Å². The van der Waals surface area contributed by atoms with Gasteiger partial charge >= 0.3 is 0 Å². The predicted molar refractivity (Wildman–Crippen MR) is 94.9 cm³/mol. The lowest BCUT2D eigenvalue weighted by Gasteiger charge is -2.38. The summed E-state index contributed by atoms with van der Waals surface area (Å²) in [6, 6.07) is 7.98. The normalized spacial score (nSPS) is 22.2. The SMILES string of the molecule is C[C@H](C(=O)Nc1ccccc1Cl)N1CCC(N2CCCC2)CC1. The number of nitrogens with one attached hydrogen (secondary N) is 1. The van der Waals surface area contributed by atoms with Crippen LogP contribution in [0.25, 0.3) is 0 Å². The number of anilines is 1. The van der Waals surface area contributed by atoms with Crippen LogP contribution in [0.4, 0.5) is 5.69 Å². The van der Waals surface area contributed by atoms with E-state index < -0.39 is 0 Å². The van der Waals surface area contributed by atoms with Gasteiger partial charge in [0.05, 0.1) is 16.8 Å². The van der Waals surface area contributed by atoms with Crippen LogP contribution in [0.3, 0.4) is 0 Å². The Bertz CT molecular complexity index is 537. The molecule has 1 amide bonds. The fourth-order valence-corrected chi connectivity index (χ4v) is 3.89. The summed E-state index contributed by atoms with van der Waals surface area (Å²) < 4.78 is 0. The Morgan fingerprint density at radius 2 is 1.83 bits per heavy atom. The lowest BCUT2D eigenvalue weighted by molar-refractivity contribution is -0.121. The quantitative estimate of drug-likeness (QED) is 0.917. The molecular weight excluding hydrogens is 310 g/mol. The van der Waals surface area contributed by atoms with Crippen molar-refractivity contribution < 1.29 is 4.79 Å². The van der Waals surface area contributed by atoms with Crippen LogP contribution in [0.5, 0.6) is 0 Å². The van der Waals surface area contributed by atoms with E-state index in [0.717, 1.165) is 13.1 Å². The summed E-state index contributed by atoms with van der Waals surface area (Å²) >= 11 is 6.12. The number of amides is 1. The summed E-state index contributed by atoms with van der Waals surface area (Å²) in [5, 5.41) is 3.53. The van der Waals surface area contributed by atoms with E-state index in [1.807, 2.05) is 25.1 Å². The molecule has 23 heavy (non-hydrogen) atoms. The maximum Gasteiger partial charge on any atom is 0.241 e. The standard InChI is InChI=1S/C18H26ClN3O/c1-14(18(23)20-17-7-3-2-6-16(17)19)21-12-8-15(9-13-21)22-10-4-5-11-22/h2-3,6-7,14-15H,4-5,8-13H2,1H3,(H,20,23)/t14-/m1/s1. The van der Waals surface area contributed by atoms with Gasteiger partial charge in [0.2, 0.25) is 5.91 Å². The molecule has 1 aromatic rings. The zero-order valence-electron chi connectivity index (χ0n) is 13.8. The highest BCUT2D eigenvalue weighted by Crippen LogP contribution is 2.24. The number of para-hydroxylation sites is 1. The molecule has 0 saturated carbocycles. The van der Waals surface area contributed by atoms with Gasteiger partial charge in [-0.2, -0.15) is 0 Å². The zero-order chi connectivity index (χ0) is 16.2. The largest absolute Gasteiger partial charge is 0.323 e. The van der Waals surface area contributed by atoms with Gasteiger partial charge in [0, 0.05) is 19.1 Å². The zero-order valence-corrected chi connectivity index (χ0v) is 14.6. The minimum Gasteiger partial charge on any atom is -0.323 e. The molecule has 4 nitrogen and oxygen atoms in total. The fraction of sp³-hybridized carbons (Fsp3) is 0.611. The van der Waals surface area contributed by atoms with Crippen molar-refractivity contribution in [3.8, 4) is 0 Å². The maximum absolute atomic E-state index is 12.5. The van der Waals surface area contributed by atoms with Crippen LogP contribution < -0.4 is 5.32 Å². The second-order valence-electron chi connectivity index (χ2n) is 6.66. The monoisotopic (exact) mass is 335 g/mol. The van der Waals surface area contributed by atoms with Gasteiger partial charge in [-0.1, -0.05) is 23.7 Å². The van der Waals surface area contributed by atoms with E-state index >= 15 is 0 Å². The number of carbonyl (C=O) groups is 1. The minimum absolute atomic E-state index is 0.0257. The number of benzene rings is 1. The summed E-state index contributed by atoms with van der Waals surface area (Å²) in [6.07, 6.45) is 5.03. The van der Waals surface area contributed by atoms with Gasteiger partial charge < -0.3 is 10.2 Å². The first-order valence-electron chi connectivity index (χ1n) is 8.68. The smallest absolute Gasteiger partial charge is 0.241 e. The number of likely N-dealkylation sites (tertiary alicyclic amines) is 2. The number of hydrogen-bond acceptors (Lipinski definition) is 3. The van der Waals surface area contributed by atoms with E-state index in [1.165, 1.54) is 38.8 Å². The lowest BCUT2D eigenvalue weighted by Crippen LogP contribution is -2.50. The number of piperidine rings is 1. The van der Waals surface area contributed by atoms with Crippen LogP contribution in [0, 0.1) is 0 Å². The highest BCUT2D eigenvalue weighted by Gasteiger charge is 2.30. The Balaban J connectivity index is 1.51. The second-order valence-corrected chi connectivity index (χ2v) is 7.06. The lowest BCUT2D eigenvalue weighted by atomic mass is 10.0. The molecule has 2 aliphatic heterocycles. The van der Waals surface area contributed by atoms with Gasteiger partial charge in [0.1, 0.15) is 0 Å². The van der Waals surface area contributed by atoms with E-state index in [-0.39, 0.29) is 11.9 Å². The molecule has 2 aliphatic rings. The molecule has 2 heterocycles. The minimum atomic E-state index is -0.120. The van der Waals surface area contributed by atoms with Crippen molar-refractivity contribution in [2.75, 3.05) is 31.5 Å². The van der Waals surface area contributed by atoms with Gasteiger partial charge in [-0.15, -0.1) is 0 Å². The van der Waals surface area contributed by atoms with Gasteiger partial charge in [0.15, 0.2) is 0 Å². The molecular formula is C18H26ClN3O. The molecule has 2 saturated heterocycles. The summed E-state index contributed by atoms with van der Waals surface area (Å²) in [5.41, 5.74) is 0.693. The van der Waals surface area contributed by atoms with E-state index in [1.54, 1.807) is 6.07 Å². The molecule has 0 unspecified atom stereocenters. The van der Waals surface area contributed by atoms with Crippen molar-refractivity contribution in [2.24, 2.45) is 0 Å². The molecule has 1 atom stereocenters. The third-order valence-corrected chi connectivity index (χ3v) is 5.54. The van der Waals surface area contributed by atoms with Gasteiger partial charge in [0.25, 0.3) is 0 Å². The van der Waals surface area contributed by atoms with E-state index in [4.69, 9.17) is 11.6 Å². The molecule has 126 valence electrons. The second kappa shape index (κ2) is 7.65. The molecule has 3 rings (SSSR count). The Morgan fingerprint density at radius 3 is 2.48 bits per heavy atom. The maximum atomic E-state index is 12.5. The highest BCUT2D eigenvalue weighted by molar-refractivity contribution is 6.33. The Kier molecular flexibility index (Phi) is 5.57. The van der Waals surface area contributed by atoms with Crippen LogP contribution >= 0.6 is 11.6 Å². The van der Waals surface area contributed by atoms with E-state index in [9.17, 15) is 4.79 Å². The van der Waals surface area contributed by atoms with Gasteiger partial charge in [-0.25, -0.2) is 0 Å². The van der Waals surface area contributed by atoms with Crippen molar-refractivity contribution in [2.45, 2.75) is 44.7 Å². The Labute approximate surface area is 143 Å².